The van der Waals surface area contributed by atoms with E-state index in [4.69, 9.17) is 0 Å². The standard InChI is InChI=1S/C28H33N5O3/c1-16(2)11-23-26(34)30-24(21-12-17-7-5-6-8-18(17)13-21)27(35)33(23)25(28(36)32(3)4)19-9-10-20-15-29-31-22(20)14-19/h5-10,14-16,21,23-25H,11-13H2,1-4H3,(H,29,31)(H,30,34). The molecule has 5 rings (SSSR count). The van der Waals surface area contributed by atoms with Crippen molar-refractivity contribution in [2.45, 2.75) is 51.2 Å². The summed E-state index contributed by atoms with van der Waals surface area (Å²) in [4.78, 5) is 44.6. The first kappa shape index (κ1) is 24.0. The number of hydrogen-bond acceptors (Lipinski definition) is 4. The van der Waals surface area contributed by atoms with E-state index in [1.165, 1.54) is 16.0 Å². The number of amides is 3. The predicted octanol–water partition coefficient (Wildman–Crippen LogP) is 2.85. The molecule has 188 valence electrons. The molecule has 8 nitrogen and oxygen atoms in total. The average molecular weight is 488 g/mol. The Labute approximate surface area is 211 Å². The number of benzene rings is 2. The van der Waals surface area contributed by atoms with Crippen molar-refractivity contribution in [2.24, 2.45) is 11.8 Å². The molecule has 3 unspecified atom stereocenters. The highest BCUT2D eigenvalue weighted by Crippen LogP contribution is 2.36. The lowest BCUT2D eigenvalue weighted by atomic mass is 9.87. The normalized spacial score (nSPS) is 21.1. The fourth-order valence-corrected chi connectivity index (χ4v) is 5.67. The van der Waals surface area contributed by atoms with Gasteiger partial charge in [-0.05, 0) is 53.9 Å². The minimum Gasteiger partial charge on any atom is -0.347 e. The first-order valence-corrected chi connectivity index (χ1v) is 12.6. The quantitative estimate of drug-likeness (QED) is 0.559. The van der Waals surface area contributed by atoms with Gasteiger partial charge in [-0.15, -0.1) is 0 Å². The van der Waals surface area contributed by atoms with Crippen LogP contribution in [0.25, 0.3) is 10.9 Å². The summed E-state index contributed by atoms with van der Waals surface area (Å²) < 4.78 is 0. The largest absolute Gasteiger partial charge is 0.347 e. The topological polar surface area (TPSA) is 98.4 Å². The zero-order valence-corrected chi connectivity index (χ0v) is 21.2. The van der Waals surface area contributed by atoms with Gasteiger partial charge in [0.2, 0.25) is 17.7 Å². The molecule has 1 aliphatic heterocycles. The van der Waals surface area contributed by atoms with Crippen molar-refractivity contribution < 1.29 is 14.4 Å². The molecule has 3 atom stereocenters. The number of piperazine rings is 1. The number of likely N-dealkylation sites (N-methyl/N-ethyl adjacent to an activating group) is 1. The highest BCUT2D eigenvalue weighted by molar-refractivity contribution is 6.00. The maximum absolute atomic E-state index is 14.3. The minimum atomic E-state index is -0.915. The summed E-state index contributed by atoms with van der Waals surface area (Å²) in [6.07, 6.45) is 3.64. The van der Waals surface area contributed by atoms with E-state index in [9.17, 15) is 14.4 Å². The van der Waals surface area contributed by atoms with Gasteiger partial charge in [0.25, 0.3) is 0 Å². The van der Waals surface area contributed by atoms with Gasteiger partial charge in [0.1, 0.15) is 18.1 Å². The maximum atomic E-state index is 14.3. The van der Waals surface area contributed by atoms with E-state index in [2.05, 4.69) is 27.6 Å². The van der Waals surface area contributed by atoms with Crippen molar-refractivity contribution in [2.75, 3.05) is 14.1 Å². The van der Waals surface area contributed by atoms with Crippen LogP contribution < -0.4 is 5.32 Å². The number of carbonyl (C=O) groups excluding carboxylic acids is 3. The van der Waals surface area contributed by atoms with Gasteiger partial charge >= 0.3 is 0 Å². The number of aromatic nitrogens is 2. The van der Waals surface area contributed by atoms with Crippen molar-refractivity contribution in [3.63, 3.8) is 0 Å². The second-order valence-electron chi connectivity index (χ2n) is 10.7. The second kappa shape index (κ2) is 9.41. The third-order valence-electron chi connectivity index (χ3n) is 7.44. The van der Waals surface area contributed by atoms with E-state index < -0.39 is 18.1 Å². The zero-order chi connectivity index (χ0) is 25.6. The van der Waals surface area contributed by atoms with Crippen molar-refractivity contribution in [3.8, 4) is 0 Å². The minimum absolute atomic E-state index is 0.0495. The Kier molecular flexibility index (Phi) is 6.28. The summed E-state index contributed by atoms with van der Waals surface area (Å²) in [7, 11) is 3.36. The van der Waals surface area contributed by atoms with Crippen LogP contribution in [0.1, 0.15) is 43.0 Å². The first-order valence-electron chi connectivity index (χ1n) is 12.6. The van der Waals surface area contributed by atoms with Crippen molar-refractivity contribution in [1.29, 1.82) is 0 Å². The molecule has 2 aromatic carbocycles. The van der Waals surface area contributed by atoms with E-state index in [-0.39, 0.29) is 29.6 Å². The predicted molar refractivity (Wildman–Crippen MR) is 137 cm³/mol. The van der Waals surface area contributed by atoms with Gasteiger partial charge in [0, 0.05) is 19.5 Å². The molecule has 2 heterocycles. The lowest BCUT2D eigenvalue weighted by Gasteiger charge is -2.45. The molecule has 1 aliphatic carbocycles. The summed E-state index contributed by atoms with van der Waals surface area (Å²) in [6.45, 7) is 4.05. The Morgan fingerprint density at radius 2 is 1.81 bits per heavy atom. The van der Waals surface area contributed by atoms with Crippen molar-refractivity contribution >= 4 is 28.6 Å². The molecule has 2 N–H and O–H groups in total. The van der Waals surface area contributed by atoms with Crippen molar-refractivity contribution in [1.82, 2.24) is 25.3 Å². The SMILES string of the molecule is CC(C)CC1C(=O)NC(C2Cc3ccccc3C2)C(=O)N1C(C(=O)N(C)C)c1ccc2cn[nH]c2c1. The highest BCUT2D eigenvalue weighted by Gasteiger charge is 2.49. The molecule has 1 aromatic heterocycles. The second-order valence-corrected chi connectivity index (χ2v) is 10.7. The molecule has 36 heavy (non-hydrogen) atoms. The lowest BCUT2D eigenvalue weighted by Crippen LogP contribution is -2.67. The Morgan fingerprint density at radius 3 is 2.44 bits per heavy atom. The smallest absolute Gasteiger partial charge is 0.249 e. The summed E-state index contributed by atoms with van der Waals surface area (Å²) in [5.41, 5.74) is 3.87. The number of H-pyrrole nitrogens is 1. The molecule has 0 bridgehead atoms. The number of fused-ring (bicyclic) bond motifs is 2. The molecule has 3 amide bonds. The van der Waals surface area contributed by atoms with Gasteiger partial charge in [0.15, 0.2) is 0 Å². The summed E-state index contributed by atoms with van der Waals surface area (Å²) in [5.74, 6) is -0.509. The number of nitrogens with one attached hydrogen (secondary N) is 2. The van der Waals surface area contributed by atoms with Crippen LogP contribution >= 0.6 is 0 Å². The molecule has 0 saturated carbocycles. The Bertz CT molecular complexity index is 1290. The van der Waals surface area contributed by atoms with Crippen LogP contribution in [0.4, 0.5) is 0 Å². The van der Waals surface area contributed by atoms with Gasteiger partial charge in [0.05, 0.1) is 11.7 Å². The molecule has 3 aromatic rings. The van der Waals surface area contributed by atoms with Gasteiger partial charge in [-0.2, -0.15) is 5.10 Å². The first-order chi connectivity index (χ1) is 17.2. The third kappa shape index (κ3) is 4.25. The van der Waals surface area contributed by atoms with Crippen LogP contribution in [0.5, 0.6) is 0 Å². The number of hydrogen-bond donors (Lipinski definition) is 2. The number of carbonyl (C=O) groups is 3. The van der Waals surface area contributed by atoms with E-state index in [1.807, 2.05) is 44.2 Å². The zero-order valence-electron chi connectivity index (χ0n) is 21.2. The third-order valence-corrected chi connectivity index (χ3v) is 7.44. The van der Waals surface area contributed by atoms with Crippen LogP contribution in [0.2, 0.25) is 0 Å². The van der Waals surface area contributed by atoms with Gasteiger partial charge in [-0.3, -0.25) is 19.5 Å². The highest BCUT2D eigenvalue weighted by atomic mass is 16.2. The fourth-order valence-electron chi connectivity index (χ4n) is 5.67. The van der Waals surface area contributed by atoms with Crippen LogP contribution in [-0.4, -0.2) is 63.9 Å². The lowest BCUT2D eigenvalue weighted by molar-refractivity contribution is -0.159. The fraction of sp³-hybridized carbons (Fsp3) is 0.429. The molecule has 1 saturated heterocycles. The Morgan fingerprint density at radius 1 is 1.11 bits per heavy atom. The van der Waals surface area contributed by atoms with E-state index in [0.717, 1.165) is 23.7 Å². The molecule has 0 radical (unpaired) electrons. The van der Waals surface area contributed by atoms with Crippen LogP contribution in [0.15, 0.2) is 48.7 Å². The Balaban J connectivity index is 1.57. The number of nitrogens with zero attached hydrogens (tertiary/aromatic N) is 3. The average Bonchev–Trinajstić information content (AvgIpc) is 3.49. The van der Waals surface area contributed by atoms with E-state index in [1.54, 1.807) is 25.2 Å². The van der Waals surface area contributed by atoms with Gasteiger partial charge in [-0.25, -0.2) is 0 Å². The Hall–Kier alpha value is -3.68. The number of aromatic amines is 1. The van der Waals surface area contributed by atoms with E-state index >= 15 is 0 Å². The van der Waals surface area contributed by atoms with Crippen molar-refractivity contribution in [3.05, 3.63) is 65.4 Å². The summed E-state index contributed by atoms with van der Waals surface area (Å²) >= 11 is 0. The van der Waals surface area contributed by atoms with Gasteiger partial charge < -0.3 is 15.1 Å². The molecular weight excluding hydrogens is 454 g/mol. The molecule has 8 heteroatoms. The monoisotopic (exact) mass is 487 g/mol. The maximum Gasteiger partial charge on any atom is 0.249 e. The van der Waals surface area contributed by atoms with Crippen LogP contribution in [0.3, 0.4) is 0 Å². The summed E-state index contributed by atoms with van der Waals surface area (Å²) in [6, 6.07) is 11.5. The molecule has 0 spiro atoms. The molecule has 1 fully saturated rings. The molecule has 2 aliphatic rings. The van der Waals surface area contributed by atoms with E-state index in [0.29, 0.717) is 12.0 Å². The number of rotatable bonds is 6. The van der Waals surface area contributed by atoms with Crippen LogP contribution in [0, 0.1) is 11.8 Å². The molecular formula is C28H33N5O3. The van der Waals surface area contributed by atoms with Crippen LogP contribution in [-0.2, 0) is 27.2 Å². The summed E-state index contributed by atoms with van der Waals surface area (Å²) in [5, 5.41) is 11.0. The van der Waals surface area contributed by atoms with Gasteiger partial charge in [-0.1, -0.05) is 50.2 Å².